The van der Waals surface area contributed by atoms with Crippen LogP contribution in [0.1, 0.15) is 25.1 Å². The van der Waals surface area contributed by atoms with Crippen molar-refractivity contribution in [3.05, 3.63) is 41.5 Å². The van der Waals surface area contributed by atoms with Crippen LogP contribution >= 0.6 is 11.3 Å². The highest BCUT2D eigenvalue weighted by Crippen LogP contribution is 2.26. The summed E-state index contributed by atoms with van der Waals surface area (Å²) in [6.45, 7) is 0.992. The summed E-state index contributed by atoms with van der Waals surface area (Å²) in [5.74, 6) is 1.11. The Hall–Kier alpha value is -1.86. The van der Waals surface area contributed by atoms with Crippen LogP contribution in [0.3, 0.4) is 0 Å². The van der Waals surface area contributed by atoms with Gasteiger partial charge in [-0.3, -0.25) is 4.72 Å². The van der Waals surface area contributed by atoms with Crippen LogP contribution in [-0.4, -0.2) is 18.0 Å². The van der Waals surface area contributed by atoms with Gasteiger partial charge in [-0.25, -0.2) is 13.4 Å². The largest absolute Gasteiger partial charge is 0.328 e. The molecule has 1 aromatic carbocycles. The SMILES string of the molecule is O=S(=O)(Nc1ccc2c(c1)nc1n2CCCCC1)c1cccs1. The molecule has 0 amide bonds. The topological polar surface area (TPSA) is 64.0 Å². The number of aryl methyl sites for hydroxylation is 2. The van der Waals surface area contributed by atoms with Gasteiger partial charge in [-0.05, 0) is 42.5 Å². The van der Waals surface area contributed by atoms with E-state index in [1.165, 1.54) is 30.6 Å². The highest BCUT2D eigenvalue weighted by Gasteiger charge is 2.17. The maximum atomic E-state index is 12.3. The van der Waals surface area contributed by atoms with E-state index >= 15 is 0 Å². The number of nitrogens with zero attached hydrogens (tertiary/aromatic N) is 2. The third-order valence-electron chi connectivity index (χ3n) is 4.12. The fraction of sp³-hybridized carbons (Fsp3) is 0.312. The van der Waals surface area contributed by atoms with Crippen molar-refractivity contribution >= 4 is 38.1 Å². The Morgan fingerprint density at radius 2 is 2.09 bits per heavy atom. The molecular formula is C16H17N3O2S2. The van der Waals surface area contributed by atoms with Crippen LogP contribution < -0.4 is 4.72 Å². The van der Waals surface area contributed by atoms with Crippen molar-refractivity contribution in [2.45, 2.75) is 36.4 Å². The van der Waals surface area contributed by atoms with E-state index in [9.17, 15) is 8.42 Å². The maximum Gasteiger partial charge on any atom is 0.271 e. The summed E-state index contributed by atoms with van der Waals surface area (Å²) in [6.07, 6.45) is 4.57. The van der Waals surface area contributed by atoms with Gasteiger partial charge in [0.15, 0.2) is 0 Å². The molecule has 0 saturated carbocycles. The van der Waals surface area contributed by atoms with Gasteiger partial charge in [-0.2, -0.15) is 0 Å². The first-order valence-electron chi connectivity index (χ1n) is 7.69. The Morgan fingerprint density at radius 1 is 1.17 bits per heavy atom. The molecule has 0 radical (unpaired) electrons. The molecule has 0 aliphatic carbocycles. The van der Waals surface area contributed by atoms with Crippen molar-refractivity contribution in [3.63, 3.8) is 0 Å². The summed E-state index contributed by atoms with van der Waals surface area (Å²) in [5.41, 5.74) is 2.49. The number of fused-ring (bicyclic) bond motifs is 3. The summed E-state index contributed by atoms with van der Waals surface area (Å²) in [6, 6.07) is 8.93. The maximum absolute atomic E-state index is 12.3. The number of thiophene rings is 1. The van der Waals surface area contributed by atoms with Crippen LogP contribution in [0, 0.1) is 0 Å². The van der Waals surface area contributed by atoms with E-state index in [0.29, 0.717) is 9.90 Å². The molecule has 1 aliphatic heterocycles. The summed E-state index contributed by atoms with van der Waals surface area (Å²) in [5, 5.41) is 1.75. The molecule has 0 atom stereocenters. The van der Waals surface area contributed by atoms with Crippen molar-refractivity contribution in [2.24, 2.45) is 0 Å². The first kappa shape index (κ1) is 14.7. The molecule has 0 saturated heterocycles. The Kier molecular flexibility index (Phi) is 3.61. The molecule has 0 spiro atoms. The number of hydrogen-bond donors (Lipinski definition) is 1. The smallest absolute Gasteiger partial charge is 0.271 e. The number of aromatic nitrogens is 2. The summed E-state index contributed by atoms with van der Waals surface area (Å²) >= 11 is 1.21. The molecule has 0 unspecified atom stereocenters. The third kappa shape index (κ3) is 2.74. The molecule has 23 heavy (non-hydrogen) atoms. The molecule has 3 heterocycles. The highest BCUT2D eigenvalue weighted by atomic mass is 32.2. The predicted octanol–water partition coefficient (Wildman–Crippen LogP) is 3.63. The molecular weight excluding hydrogens is 330 g/mol. The van der Waals surface area contributed by atoms with Crippen molar-refractivity contribution in [3.8, 4) is 0 Å². The summed E-state index contributed by atoms with van der Waals surface area (Å²) < 4.78 is 29.8. The van der Waals surface area contributed by atoms with Gasteiger partial charge in [0.25, 0.3) is 10.0 Å². The lowest BCUT2D eigenvalue weighted by Gasteiger charge is -2.07. The number of rotatable bonds is 3. The lowest BCUT2D eigenvalue weighted by atomic mass is 10.2. The van der Waals surface area contributed by atoms with E-state index in [4.69, 9.17) is 4.98 Å². The van der Waals surface area contributed by atoms with Crippen LogP contribution in [0.4, 0.5) is 5.69 Å². The molecule has 0 fully saturated rings. The number of hydrogen-bond acceptors (Lipinski definition) is 4. The van der Waals surface area contributed by atoms with Gasteiger partial charge in [0.2, 0.25) is 0 Å². The molecule has 1 N–H and O–H groups in total. The Bertz CT molecular complexity index is 943. The van der Waals surface area contributed by atoms with Gasteiger partial charge >= 0.3 is 0 Å². The standard InChI is InChI=1S/C16H17N3O2S2/c20-23(21,16-6-4-10-22-16)18-12-7-8-14-13(11-12)17-15-5-2-1-3-9-19(14)15/h4,6-8,10-11,18H,1-3,5,9H2. The lowest BCUT2D eigenvalue weighted by molar-refractivity contribution is 0.603. The van der Waals surface area contributed by atoms with E-state index < -0.39 is 10.0 Å². The van der Waals surface area contributed by atoms with Gasteiger partial charge in [0.1, 0.15) is 10.0 Å². The number of imidazole rings is 1. The molecule has 120 valence electrons. The second-order valence-electron chi connectivity index (χ2n) is 5.73. The van der Waals surface area contributed by atoms with Gasteiger partial charge in [-0.15, -0.1) is 11.3 Å². The predicted molar refractivity (Wildman–Crippen MR) is 92.4 cm³/mol. The fourth-order valence-corrected chi connectivity index (χ4v) is 5.08. The zero-order chi connectivity index (χ0) is 15.9. The molecule has 2 aromatic heterocycles. The second kappa shape index (κ2) is 5.65. The van der Waals surface area contributed by atoms with Gasteiger partial charge in [-0.1, -0.05) is 12.5 Å². The van der Waals surface area contributed by atoms with E-state index in [2.05, 4.69) is 9.29 Å². The number of benzene rings is 1. The van der Waals surface area contributed by atoms with Gasteiger partial charge < -0.3 is 4.57 Å². The average molecular weight is 347 g/mol. The lowest BCUT2D eigenvalue weighted by Crippen LogP contribution is -2.11. The number of nitrogens with one attached hydrogen (secondary N) is 1. The van der Waals surface area contributed by atoms with Crippen LogP contribution in [0.25, 0.3) is 11.0 Å². The minimum Gasteiger partial charge on any atom is -0.328 e. The van der Waals surface area contributed by atoms with Crippen LogP contribution in [-0.2, 0) is 23.0 Å². The van der Waals surface area contributed by atoms with Gasteiger partial charge in [0.05, 0.1) is 16.7 Å². The van der Waals surface area contributed by atoms with E-state index in [1.54, 1.807) is 17.5 Å². The number of sulfonamides is 1. The normalized spacial score (nSPS) is 15.3. The highest BCUT2D eigenvalue weighted by molar-refractivity contribution is 7.94. The quantitative estimate of drug-likeness (QED) is 0.787. The zero-order valence-electron chi connectivity index (χ0n) is 12.5. The minimum atomic E-state index is -3.51. The van der Waals surface area contributed by atoms with Crippen molar-refractivity contribution in [1.29, 1.82) is 0 Å². The van der Waals surface area contributed by atoms with Crippen LogP contribution in [0.2, 0.25) is 0 Å². The average Bonchev–Trinajstić information content (AvgIpc) is 3.11. The molecule has 5 nitrogen and oxygen atoms in total. The fourth-order valence-electron chi connectivity index (χ4n) is 3.04. The molecule has 7 heteroatoms. The van der Waals surface area contributed by atoms with E-state index in [-0.39, 0.29) is 0 Å². The zero-order valence-corrected chi connectivity index (χ0v) is 14.2. The summed E-state index contributed by atoms with van der Waals surface area (Å²) in [4.78, 5) is 4.70. The Balaban J connectivity index is 1.70. The monoisotopic (exact) mass is 347 g/mol. The number of anilines is 1. The second-order valence-corrected chi connectivity index (χ2v) is 8.59. The molecule has 3 aromatic rings. The molecule has 4 rings (SSSR count). The van der Waals surface area contributed by atoms with Crippen molar-refractivity contribution < 1.29 is 8.42 Å². The van der Waals surface area contributed by atoms with Crippen LogP contribution in [0.5, 0.6) is 0 Å². The van der Waals surface area contributed by atoms with E-state index in [0.717, 1.165) is 29.8 Å². The van der Waals surface area contributed by atoms with Crippen molar-refractivity contribution in [2.75, 3.05) is 4.72 Å². The molecule has 0 bridgehead atoms. The van der Waals surface area contributed by atoms with E-state index in [1.807, 2.05) is 18.2 Å². The third-order valence-corrected chi connectivity index (χ3v) is 6.90. The Labute approximate surface area is 139 Å². The minimum absolute atomic E-state index is 0.318. The van der Waals surface area contributed by atoms with Gasteiger partial charge in [0, 0.05) is 13.0 Å². The first-order chi connectivity index (χ1) is 11.1. The first-order valence-corrected chi connectivity index (χ1v) is 10.1. The van der Waals surface area contributed by atoms with Crippen molar-refractivity contribution in [1.82, 2.24) is 9.55 Å². The summed E-state index contributed by atoms with van der Waals surface area (Å²) in [7, 11) is -3.51. The molecule has 1 aliphatic rings. The van der Waals surface area contributed by atoms with Crippen LogP contribution in [0.15, 0.2) is 39.9 Å². The Morgan fingerprint density at radius 3 is 2.91 bits per heavy atom.